The Morgan fingerprint density at radius 1 is 0.917 bits per heavy atom. The van der Waals surface area contributed by atoms with Gasteiger partial charge in [0.1, 0.15) is 23.6 Å². The average molecular weight is 495 g/mol. The maximum absolute atomic E-state index is 14.4. The van der Waals surface area contributed by atoms with Crippen molar-refractivity contribution >= 4 is 11.8 Å². The molecule has 0 N–H and O–H groups in total. The third kappa shape index (κ3) is 5.26. The van der Waals surface area contributed by atoms with E-state index in [1.165, 1.54) is 34.7 Å². The van der Waals surface area contributed by atoms with Crippen LogP contribution in [0.1, 0.15) is 29.5 Å². The number of halogens is 3. The highest BCUT2D eigenvalue weighted by molar-refractivity contribution is 5.88. The molecule has 1 saturated carbocycles. The summed E-state index contributed by atoms with van der Waals surface area (Å²) in [5.74, 6) is -1.53. The van der Waals surface area contributed by atoms with Crippen LogP contribution >= 0.6 is 0 Å². The van der Waals surface area contributed by atoms with Crippen LogP contribution in [0.15, 0.2) is 66.7 Å². The molecule has 4 nitrogen and oxygen atoms in total. The quantitative estimate of drug-likeness (QED) is 0.394. The number of amides is 1. The molecule has 5 rings (SSSR count). The molecule has 2 bridgehead atoms. The van der Waals surface area contributed by atoms with E-state index in [-0.39, 0.29) is 35.6 Å². The number of nitrogens with zero attached hydrogens (tertiary/aromatic N) is 2. The lowest BCUT2D eigenvalue weighted by atomic mass is 9.94. The average Bonchev–Trinajstić information content (AvgIpc) is 3.06. The van der Waals surface area contributed by atoms with Crippen molar-refractivity contribution in [3.63, 3.8) is 0 Å². The van der Waals surface area contributed by atoms with Crippen molar-refractivity contribution in [2.45, 2.75) is 39.0 Å². The van der Waals surface area contributed by atoms with Crippen molar-refractivity contribution in [3.05, 3.63) is 101 Å². The van der Waals surface area contributed by atoms with Crippen molar-refractivity contribution in [2.75, 3.05) is 18.0 Å². The fourth-order valence-electron chi connectivity index (χ4n) is 5.63. The second-order valence-corrected chi connectivity index (χ2v) is 9.87. The summed E-state index contributed by atoms with van der Waals surface area (Å²) >= 11 is 0. The highest BCUT2D eigenvalue weighted by Gasteiger charge is 2.45. The number of rotatable bonds is 6. The van der Waals surface area contributed by atoms with E-state index in [1.807, 2.05) is 18.2 Å². The second kappa shape index (κ2) is 10.3. The molecule has 0 radical (unpaired) electrons. The Bertz CT molecular complexity index is 1200. The van der Waals surface area contributed by atoms with Crippen LogP contribution < -0.4 is 4.90 Å². The zero-order valence-electron chi connectivity index (χ0n) is 20.2. The SMILES string of the molecule is Cc1c(F)cccc1N(Cc1cc(F)cc(F)c1)C(=O)OC1C2CCC1CN(Cc1ccccc1)C2. The van der Waals surface area contributed by atoms with Gasteiger partial charge >= 0.3 is 6.09 Å². The molecule has 2 unspecified atom stereocenters. The number of anilines is 1. The van der Waals surface area contributed by atoms with Crippen LogP contribution in [0.5, 0.6) is 0 Å². The summed E-state index contributed by atoms with van der Waals surface area (Å²) < 4.78 is 48.2. The molecule has 1 heterocycles. The first-order valence-electron chi connectivity index (χ1n) is 12.3. The summed E-state index contributed by atoms with van der Waals surface area (Å²) in [5, 5.41) is 0. The number of carbonyl (C=O) groups excluding carboxylic acids is 1. The Morgan fingerprint density at radius 3 is 2.25 bits per heavy atom. The number of likely N-dealkylation sites (tertiary alicyclic amines) is 1. The van der Waals surface area contributed by atoms with Crippen LogP contribution in [0, 0.1) is 36.2 Å². The van der Waals surface area contributed by atoms with Gasteiger partial charge in [0.25, 0.3) is 0 Å². The summed E-state index contributed by atoms with van der Waals surface area (Å²) in [7, 11) is 0. The highest BCUT2D eigenvalue weighted by Crippen LogP contribution is 2.40. The Labute approximate surface area is 209 Å². The van der Waals surface area contributed by atoms with Gasteiger partial charge in [-0.3, -0.25) is 9.80 Å². The molecule has 2 aliphatic rings. The zero-order chi connectivity index (χ0) is 25.2. The van der Waals surface area contributed by atoms with Crippen LogP contribution in [0.3, 0.4) is 0 Å². The van der Waals surface area contributed by atoms with E-state index in [4.69, 9.17) is 4.74 Å². The second-order valence-electron chi connectivity index (χ2n) is 9.87. The number of carbonyl (C=O) groups is 1. The van der Waals surface area contributed by atoms with Crippen LogP contribution in [0.25, 0.3) is 0 Å². The first-order chi connectivity index (χ1) is 17.4. The summed E-state index contributed by atoms with van der Waals surface area (Å²) in [4.78, 5) is 17.2. The minimum Gasteiger partial charge on any atom is -0.445 e. The van der Waals surface area contributed by atoms with Gasteiger partial charge in [-0.2, -0.15) is 0 Å². The molecule has 0 aromatic heterocycles. The monoisotopic (exact) mass is 494 g/mol. The van der Waals surface area contributed by atoms with E-state index in [0.29, 0.717) is 5.69 Å². The molecule has 7 heteroatoms. The first-order valence-corrected chi connectivity index (χ1v) is 12.3. The Kier molecular flexibility index (Phi) is 7.01. The van der Waals surface area contributed by atoms with Crippen LogP contribution in [0.2, 0.25) is 0 Å². The smallest absolute Gasteiger partial charge is 0.414 e. The maximum atomic E-state index is 14.4. The summed E-state index contributed by atoms with van der Waals surface area (Å²) in [6.07, 6.45) is 1.07. The molecule has 36 heavy (non-hydrogen) atoms. The van der Waals surface area contributed by atoms with Gasteiger partial charge in [-0.05, 0) is 55.2 Å². The minimum atomic E-state index is -0.738. The number of hydrogen-bond acceptors (Lipinski definition) is 3. The standard InChI is InChI=1S/C29H29F3N2O2/c1-19-26(32)8-5-9-27(19)34(16-21-12-24(30)14-25(31)13-21)29(35)36-28-22-10-11-23(28)18-33(17-22)15-20-6-3-2-4-7-20/h2-9,12-14,22-23,28H,10-11,15-18H2,1H3. The van der Waals surface area contributed by atoms with Gasteiger partial charge in [-0.1, -0.05) is 36.4 Å². The minimum absolute atomic E-state index is 0.139. The lowest BCUT2D eigenvalue weighted by molar-refractivity contribution is -0.0000954. The number of piperidine rings is 1. The molecular formula is C29H29F3N2O2. The van der Waals surface area contributed by atoms with E-state index in [0.717, 1.165) is 38.5 Å². The lowest BCUT2D eigenvalue weighted by Crippen LogP contribution is -2.47. The number of fused-ring (bicyclic) bond motifs is 2. The molecule has 188 valence electrons. The van der Waals surface area contributed by atoms with Gasteiger partial charge in [0.2, 0.25) is 0 Å². The molecule has 1 aliphatic heterocycles. The highest BCUT2D eigenvalue weighted by atomic mass is 19.1. The predicted octanol–water partition coefficient (Wildman–Crippen LogP) is 6.47. The third-order valence-electron chi connectivity index (χ3n) is 7.32. The van der Waals surface area contributed by atoms with Gasteiger partial charge in [-0.15, -0.1) is 0 Å². The Morgan fingerprint density at radius 2 is 1.58 bits per heavy atom. The molecule has 2 fully saturated rings. The predicted molar refractivity (Wildman–Crippen MR) is 132 cm³/mol. The maximum Gasteiger partial charge on any atom is 0.414 e. The first kappa shape index (κ1) is 24.4. The van der Waals surface area contributed by atoms with Gasteiger partial charge in [0, 0.05) is 43.1 Å². The zero-order valence-corrected chi connectivity index (χ0v) is 20.2. The van der Waals surface area contributed by atoms with Crippen molar-refractivity contribution < 1.29 is 22.7 Å². The summed E-state index contributed by atoms with van der Waals surface area (Å²) in [6, 6.07) is 17.9. The Balaban J connectivity index is 1.34. The fourth-order valence-corrected chi connectivity index (χ4v) is 5.63. The van der Waals surface area contributed by atoms with E-state index >= 15 is 0 Å². The lowest BCUT2D eigenvalue weighted by Gasteiger charge is -2.38. The van der Waals surface area contributed by atoms with Crippen LogP contribution in [0.4, 0.5) is 23.7 Å². The molecule has 1 saturated heterocycles. The molecule has 1 amide bonds. The number of hydrogen-bond donors (Lipinski definition) is 0. The topological polar surface area (TPSA) is 32.8 Å². The van der Waals surface area contributed by atoms with Crippen molar-refractivity contribution in [3.8, 4) is 0 Å². The van der Waals surface area contributed by atoms with Crippen LogP contribution in [-0.4, -0.2) is 30.2 Å². The summed E-state index contributed by atoms with van der Waals surface area (Å²) in [6.45, 7) is 3.95. The van der Waals surface area contributed by atoms with Crippen molar-refractivity contribution in [1.29, 1.82) is 0 Å². The van der Waals surface area contributed by atoms with Crippen molar-refractivity contribution in [1.82, 2.24) is 4.90 Å². The Hall–Kier alpha value is -3.32. The van der Waals surface area contributed by atoms with Gasteiger partial charge < -0.3 is 4.74 Å². The molecular weight excluding hydrogens is 465 g/mol. The largest absolute Gasteiger partial charge is 0.445 e. The van der Waals surface area contributed by atoms with Gasteiger partial charge in [-0.25, -0.2) is 18.0 Å². The molecule has 2 atom stereocenters. The van der Waals surface area contributed by atoms with E-state index in [2.05, 4.69) is 17.0 Å². The van der Waals surface area contributed by atoms with E-state index < -0.39 is 23.5 Å². The van der Waals surface area contributed by atoms with Gasteiger partial charge in [0.15, 0.2) is 0 Å². The molecule has 3 aromatic carbocycles. The molecule has 3 aromatic rings. The van der Waals surface area contributed by atoms with Crippen LogP contribution in [-0.2, 0) is 17.8 Å². The summed E-state index contributed by atoms with van der Waals surface area (Å²) in [5.41, 5.74) is 2.10. The molecule has 1 aliphatic carbocycles. The van der Waals surface area contributed by atoms with Gasteiger partial charge in [0.05, 0.1) is 12.2 Å². The van der Waals surface area contributed by atoms with Crippen molar-refractivity contribution in [2.24, 2.45) is 11.8 Å². The van der Waals surface area contributed by atoms with E-state index in [1.54, 1.807) is 13.0 Å². The third-order valence-corrected chi connectivity index (χ3v) is 7.32. The normalized spacial score (nSPS) is 21.4. The fraction of sp³-hybridized carbons (Fsp3) is 0.345. The number of benzene rings is 3. The van der Waals surface area contributed by atoms with E-state index in [9.17, 15) is 18.0 Å². The molecule has 0 spiro atoms. The number of ether oxygens (including phenoxy) is 1.